The predicted molar refractivity (Wildman–Crippen MR) is 79.4 cm³/mol. The van der Waals surface area contributed by atoms with E-state index in [0.717, 1.165) is 18.4 Å². The van der Waals surface area contributed by atoms with Crippen LogP contribution in [0, 0.1) is 5.41 Å². The first-order chi connectivity index (χ1) is 9.48. The molecule has 0 radical (unpaired) electrons. The summed E-state index contributed by atoms with van der Waals surface area (Å²) in [5.41, 5.74) is 6.93. The van der Waals surface area contributed by atoms with E-state index in [-0.39, 0.29) is 12.5 Å². The molecule has 1 amide bonds. The van der Waals surface area contributed by atoms with Crippen LogP contribution >= 0.6 is 0 Å². The molecule has 0 saturated heterocycles. The maximum atomic E-state index is 11.9. The van der Waals surface area contributed by atoms with Gasteiger partial charge in [-0.1, -0.05) is 26.0 Å². The summed E-state index contributed by atoms with van der Waals surface area (Å²) in [6, 6.07) is 7.79. The normalized spacial score (nSPS) is 20.6. The molecule has 1 atom stereocenters. The molecule has 0 aromatic heterocycles. The highest BCUT2D eigenvalue weighted by Gasteiger charge is 2.31. The van der Waals surface area contributed by atoms with Gasteiger partial charge in [0.2, 0.25) is 0 Å². The topological polar surface area (TPSA) is 64.3 Å². The Labute approximate surface area is 120 Å². The number of ether oxygens (including phenoxy) is 1. The molecule has 1 aliphatic rings. The molecule has 1 unspecified atom stereocenters. The minimum atomic E-state index is -0.0457. The number of hydrogen-bond acceptors (Lipinski definition) is 3. The second-order valence-electron chi connectivity index (χ2n) is 6.31. The number of rotatable bonds is 5. The van der Waals surface area contributed by atoms with Gasteiger partial charge in [-0.2, -0.15) is 0 Å². The van der Waals surface area contributed by atoms with Gasteiger partial charge in [0.05, 0.1) is 0 Å². The maximum absolute atomic E-state index is 11.9. The molecule has 20 heavy (non-hydrogen) atoms. The number of benzene rings is 1. The lowest BCUT2D eigenvalue weighted by Crippen LogP contribution is -2.36. The van der Waals surface area contributed by atoms with Crippen LogP contribution in [0.2, 0.25) is 0 Å². The van der Waals surface area contributed by atoms with Gasteiger partial charge in [0.1, 0.15) is 5.75 Å². The van der Waals surface area contributed by atoms with Crippen LogP contribution in [0.1, 0.15) is 38.7 Å². The smallest absolute Gasteiger partial charge is 0.258 e. The lowest BCUT2D eigenvalue weighted by molar-refractivity contribution is -0.123. The fraction of sp³-hybridized carbons (Fsp3) is 0.562. The largest absolute Gasteiger partial charge is 0.484 e. The van der Waals surface area contributed by atoms with Crippen LogP contribution in [0.5, 0.6) is 5.75 Å². The van der Waals surface area contributed by atoms with Crippen molar-refractivity contribution >= 4 is 5.91 Å². The Balaban J connectivity index is 1.74. The third-order valence-corrected chi connectivity index (χ3v) is 3.86. The summed E-state index contributed by atoms with van der Waals surface area (Å²) in [4.78, 5) is 11.9. The lowest BCUT2D eigenvalue weighted by Gasteiger charge is -2.18. The van der Waals surface area contributed by atoms with Crippen LogP contribution in [-0.2, 0) is 11.3 Å². The molecule has 0 aliphatic heterocycles. The summed E-state index contributed by atoms with van der Waals surface area (Å²) in [5, 5.41) is 3.04. The zero-order chi connectivity index (χ0) is 14.6. The summed E-state index contributed by atoms with van der Waals surface area (Å²) >= 11 is 0. The zero-order valence-corrected chi connectivity index (χ0v) is 12.3. The van der Waals surface area contributed by atoms with Crippen LogP contribution in [0.4, 0.5) is 0 Å². The fourth-order valence-electron chi connectivity index (χ4n) is 2.70. The summed E-state index contributed by atoms with van der Waals surface area (Å²) in [6.07, 6.45) is 3.27. The lowest BCUT2D eigenvalue weighted by atomic mass is 9.92. The van der Waals surface area contributed by atoms with Crippen molar-refractivity contribution in [3.8, 4) is 5.75 Å². The van der Waals surface area contributed by atoms with E-state index < -0.39 is 0 Å². The van der Waals surface area contributed by atoms with E-state index in [0.29, 0.717) is 23.8 Å². The van der Waals surface area contributed by atoms with Gasteiger partial charge in [-0.15, -0.1) is 0 Å². The van der Waals surface area contributed by atoms with Gasteiger partial charge in [-0.05, 0) is 42.4 Å². The second-order valence-corrected chi connectivity index (χ2v) is 6.31. The van der Waals surface area contributed by atoms with Gasteiger partial charge in [0.15, 0.2) is 6.61 Å². The molecular formula is C16H24N2O2. The van der Waals surface area contributed by atoms with E-state index in [1.807, 2.05) is 24.3 Å². The molecule has 110 valence electrons. The van der Waals surface area contributed by atoms with E-state index in [2.05, 4.69) is 19.2 Å². The number of carbonyl (C=O) groups excluding carboxylic acids is 1. The summed E-state index contributed by atoms with van der Waals surface area (Å²) in [6.45, 7) is 5.07. The number of hydrogen-bond donors (Lipinski definition) is 2. The highest BCUT2D eigenvalue weighted by molar-refractivity contribution is 5.77. The fourth-order valence-corrected chi connectivity index (χ4v) is 2.70. The standard InChI is InChI=1S/C16H24N2O2/c1-16(2)8-7-13(9-16)18-15(19)11-20-14-5-3-12(10-17)4-6-14/h3-6,13H,7-11,17H2,1-2H3,(H,18,19). The molecule has 1 aliphatic carbocycles. The van der Waals surface area contributed by atoms with Crippen LogP contribution in [0.3, 0.4) is 0 Å². The van der Waals surface area contributed by atoms with E-state index in [4.69, 9.17) is 10.5 Å². The Morgan fingerprint density at radius 3 is 2.65 bits per heavy atom. The van der Waals surface area contributed by atoms with E-state index in [1.54, 1.807) is 0 Å². The Bertz CT molecular complexity index is 454. The highest BCUT2D eigenvalue weighted by Crippen LogP contribution is 2.36. The molecule has 1 aromatic carbocycles. The number of carbonyl (C=O) groups is 1. The minimum absolute atomic E-state index is 0.0457. The van der Waals surface area contributed by atoms with Crippen molar-refractivity contribution in [2.24, 2.45) is 11.1 Å². The van der Waals surface area contributed by atoms with Crippen molar-refractivity contribution in [3.63, 3.8) is 0 Å². The van der Waals surface area contributed by atoms with Gasteiger partial charge in [-0.3, -0.25) is 4.79 Å². The predicted octanol–water partition coefficient (Wildman–Crippen LogP) is 2.22. The quantitative estimate of drug-likeness (QED) is 0.866. The molecule has 4 heteroatoms. The van der Waals surface area contributed by atoms with Crippen LogP contribution in [0.25, 0.3) is 0 Å². The Morgan fingerprint density at radius 2 is 2.10 bits per heavy atom. The molecule has 3 N–H and O–H groups in total. The monoisotopic (exact) mass is 276 g/mol. The van der Waals surface area contributed by atoms with Crippen molar-refractivity contribution in [2.45, 2.75) is 45.7 Å². The van der Waals surface area contributed by atoms with Crippen molar-refractivity contribution in [1.29, 1.82) is 0 Å². The zero-order valence-electron chi connectivity index (χ0n) is 12.3. The molecule has 2 rings (SSSR count). The molecule has 0 bridgehead atoms. The van der Waals surface area contributed by atoms with Gasteiger partial charge in [0.25, 0.3) is 5.91 Å². The summed E-state index contributed by atoms with van der Waals surface area (Å²) in [5.74, 6) is 0.653. The average molecular weight is 276 g/mol. The van der Waals surface area contributed by atoms with Gasteiger partial charge in [0, 0.05) is 12.6 Å². The van der Waals surface area contributed by atoms with Gasteiger partial charge < -0.3 is 15.8 Å². The van der Waals surface area contributed by atoms with Crippen molar-refractivity contribution in [3.05, 3.63) is 29.8 Å². The molecule has 0 spiro atoms. The van der Waals surface area contributed by atoms with Gasteiger partial charge in [-0.25, -0.2) is 0 Å². The van der Waals surface area contributed by atoms with Crippen molar-refractivity contribution in [2.75, 3.05) is 6.61 Å². The van der Waals surface area contributed by atoms with Gasteiger partial charge >= 0.3 is 0 Å². The average Bonchev–Trinajstić information content (AvgIpc) is 2.76. The summed E-state index contributed by atoms with van der Waals surface area (Å²) in [7, 11) is 0. The molecule has 4 nitrogen and oxygen atoms in total. The number of nitrogens with two attached hydrogens (primary N) is 1. The Morgan fingerprint density at radius 1 is 1.40 bits per heavy atom. The van der Waals surface area contributed by atoms with E-state index in [9.17, 15) is 4.79 Å². The molecule has 1 saturated carbocycles. The molecular weight excluding hydrogens is 252 g/mol. The van der Waals surface area contributed by atoms with E-state index >= 15 is 0 Å². The molecule has 0 heterocycles. The number of nitrogens with one attached hydrogen (secondary N) is 1. The molecule has 1 aromatic rings. The van der Waals surface area contributed by atoms with Crippen LogP contribution in [-0.4, -0.2) is 18.6 Å². The van der Waals surface area contributed by atoms with Crippen LogP contribution in [0.15, 0.2) is 24.3 Å². The van der Waals surface area contributed by atoms with Crippen LogP contribution < -0.4 is 15.8 Å². The third-order valence-electron chi connectivity index (χ3n) is 3.86. The Kier molecular flexibility index (Phi) is 4.65. The van der Waals surface area contributed by atoms with Crippen molar-refractivity contribution in [1.82, 2.24) is 5.32 Å². The number of amides is 1. The first-order valence-corrected chi connectivity index (χ1v) is 7.20. The second kappa shape index (κ2) is 6.27. The molecule has 1 fully saturated rings. The van der Waals surface area contributed by atoms with E-state index in [1.165, 1.54) is 6.42 Å². The first-order valence-electron chi connectivity index (χ1n) is 7.20. The highest BCUT2D eigenvalue weighted by atomic mass is 16.5. The minimum Gasteiger partial charge on any atom is -0.484 e. The maximum Gasteiger partial charge on any atom is 0.258 e. The summed E-state index contributed by atoms with van der Waals surface area (Å²) < 4.78 is 5.48. The SMILES string of the molecule is CC1(C)CCC(NC(=O)COc2ccc(CN)cc2)C1. The van der Waals surface area contributed by atoms with Crippen molar-refractivity contribution < 1.29 is 9.53 Å². The third kappa shape index (κ3) is 4.23. The Hall–Kier alpha value is -1.55. The first kappa shape index (κ1) is 14.9.